The molecule has 0 aliphatic carbocycles. The van der Waals surface area contributed by atoms with E-state index in [1.54, 1.807) is 0 Å². The van der Waals surface area contributed by atoms with Crippen molar-refractivity contribution >= 4 is 11.6 Å². The van der Waals surface area contributed by atoms with Gasteiger partial charge in [-0.1, -0.05) is 59.6 Å². The van der Waals surface area contributed by atoms with Crippen LogP contribution in [0.4, 0.5) is 4.39 Å². The molecule has 0 N–H and O–H groups in total. The highest BCUT2D eigenvalue weighted by atomic mass is 35.5. The zero-order chi connectivity index (χ0) is 24.2. The molecular formula is C28H28ClFN2O2. The Hall–Kier alpha value is -3.31. The van der Waals surface area contributed by atoms with E-state index in [0.717, 1.165) is 16.7 Å². The fourth-order valence-corrected chi connectivity index (χ4v) is 4.02. The minimum Gasteiger partial charge on any atom is -0.490 e. The second kappa shape index (κ2) is 10.3. The van der Waals surface area contributed by atoms with Crippen molar-refractivity contribution in [2.45, 2.75) is 34.2 Å². The number of ether oxygens (including phenoxy) is 2. The molecule has 0 aliphatic heterocycles. The van der Waals surface area contributed by atoms with Crippen LogP contribution in [0.15, 0.2) is 60.7 Å². The van der Waals surface area contributed by atoms with E-state index in [1.807, 2.05) is 56.3 Å². The fourth-order valence-electron chi connectivity index (χ4n) is 3.79. The Labute approximate surface area is 204 Å². The highest BCUT2D eigenvalue weighted by molar-refractivity contribution is 6.32. The zero-order valence-electron chi connectivity index (χ0n) is 19.9. The van der Waals surface area contributed by atoms with Crippen LogP contribution in [-0.4, -0.2) is 23.0 Å². The largest absolute Gasteiger partial charge is 0.490 e. The highest BCUT2D eigenvalue weighted by Gasteiger charge is 2.21. The third-order valence-electron chi connectivity index (χ3n) is 5.76. The standard InChI is InChI=1S/C28H28ClFN2O2/c1-5-33-28-26(30)27(23-8-6-7-18(2)15-23)31-32(28)13-14-34-25-12-11-22(17-24(25)29)21-10-9-19(3)20(4)16-21/h6-12,15-17H,5,13-14H2,1-4H3. The number of nitrogens with zero attached hydrogens (tertiary/aromatic N) is 2. The lowest BCUT2D eigenvalue weighted by Crippen LogP contribution is -2.12. The highest BCUT2D eigenvalue weighted by Crippen LogP contribution is 2.32. The molecule has 0 unspecified atom stereocenters. The summed E-state index contributed by atoms with van der Waals surface area (Å²) in [6.45, 7) is 8.88. The predicted octanol–water partition coefficient (Wildman–Crippen LogP) is 7.41. The summed E-state index contributed by atoms with van der Waals surface area (Å²) in [7, 11) is 0. The van der Waals surface area contributed by atoms with Crippen LogP contribution in [0.2, 0.25) is 5.02 Å². The Balaban J connectivity index is 1.49. The first kappa shape index (κ1) is 23.8. The van der Waals surface area contributed by atoms with Crippen LogP contribution >= 0.6 is 11.6 Å². The molecule has 176 valence electrons. The van der Waals surface area contributed by atoms with Crippen molar-refractivity contribution in [1.29, 1.82) is 0 Å². The van der Waals surface area contributed by atoms with E-state index in [1.165, 1.54) is 15.8 Å². The van der Waals surface area contributed by atoms with Gasteiger partial charge in [0.15, 0.2) is 0 Å². The van der Waals surface area contributed by atoms with Gasteiger partial charge in [-0.05, 0) is 68.1 Å². The number of halogens is 2. The Morgan fingerprint density at radius 3 is 2.35 bits per heavy atom. The first-order chi connectivity index (χ1) is 16.4. The lowest BCUT2D eigenvalue weighted by Gasteiger charge is -2.12. The number of hydrogen-bond donors (Lipinski definition) is 0. The van der Waals surface area contributed by atoms with Crippen molar-refractivity contribution in [1.82, 2.24) is 9.78 Å². The van der Waals surface area contributed by atoms with E-state index >= 15 is 4.39 Å². The third kappa shape index (κ3) is 5.10. The third-order valence-corrected chi connectivity index (χ3v) is 6.05. The van der Waals surface area contributed by atoms with Crippen LogP contribution in [-0.2, 0) is 6.54 Å². The van der Waals surface area contributed by atoms with Gasteiger partial charge in [0.2, 0.25) is 11.7 Å². The Kier molecular flexibility index (Phi) is 7.23. The molecule has 4 nitrogen and oxygen atoms in total. The second-order valence-electron chi connectivity index (χ2n) is 8.29. The lowest BCUT2D eigenvalue weighted by atomic mass is 10.0. The van der Waals surface area contributed by atoms with Crippen LogP contribution in [0.25, 0.3) is 22.4 Å². The van der Waals surface area contributed by atoms with E-state index in [4.69, 9.17) is 21.1 Å². The summed E-state index contributed by atoms with van der Waals surface area (Å²) < 4.78 is 28.1. The molecule has 0 radical (unpaired) electrons. The smallest absolute Gasteiger partial charge is 0.249 e. The van der Waals surface area contributed by atoms with Crippen molar-refractivity contribution < 1.29 is 13.9 Å². The van der Waals surface area contributed by atoms with Gasteiger partial charge < -0.3 is 9.47 Å². The van der Waals surface area contributed by atoms with Gasteiger partial charge in [-0.15, -0.1) is 0 Å². The predicted molar refractivity (Wildman–Crippen MR) is 135 cm³/mol. The molecule has 4 rings (SSSR count). The molecule has 0 saturated heterocycles. The second-order valence-corrected chi connectivity index (χ2v) is 8.69. The summed E-state index contributed by atoms with van der Waals surface area (Å²) >= 11 is 6.51. The van der Waals surface area contributed by atoms with Crippen LogP contribution in [0, 0.1) is 26.6 Å². The molecule has 6 heteroatoms. The summed E-state index contributed by atoms with van der Waals surface area (Å²) in [6, 6.07) is 19.7. The van der Waals surface area contributed by atoms with Gasteiger partial charge in [0.25, 0.3) is 0 Å². The maximum Gasteiger partial charge on any atom is 0.249 e. The van der Waals surface area contributed by atoms with Crippen molar-refractivity contribution in [3.8, 4) is 34.0 Å². The van der Waals surface area contributed by atoms with Gasteiger partial charge >= 0.3 is 0 Å². The summed E-state index contributed by atoms with van der Waals surface area (Å²) in [5.41, 5.74) is 6.62. The Morgan fingerprint density at radius 1 is 0.882 bits per heavy atom. The van der Waals surface area contributed by atoms with Crippen LogP contribution < -0.4 is 9.47 Å². The van der Waals surface area contributed by atoms with E-state index in [2.05, 4.69) is 37.1 Å². The normalized spacial score (nSPS) is 11.0. The number of aromatic nitrogens is 2. The molecule has 3 aromatic carbocycles. The molecule has 0 amide bonds. The monoisotopic (exact) mass is 478 g/mol. The van der Waals surface area contributed by atoms with Crippen molar-refractivity contribution in [2.75, 3.05) is 13.2 Å². The summed E-state index contributed by atoms with van der Waals surface area (Å²) in [5, 5.41) is 4.99. The molecule has 0 spiro atoms. The van der Waals surface area contributed by atoms with Crippen molar-refractivity contribution in [3.05, 3.63) is 88.2 Å². The molecule has 0 fully saturated rings. The summed E-state index contributed by atoms with van der Waals surface area (Å²) in [5.74, 6) is 0.209. The number of benzene rings is 3. The van der Waals surface area contributed by atoms with E-state index in [0.29, 0.717) is 29.5 Å². The van der Waals surface area contributed by atoms with Gasteiger partial charge in [0.05, 0.1) is 18.2 Å². The van der Waals surface area contributed by atoms with E-state index < -0.39 is 5.82 Å². The molecule has 0 atom stereocenters. The zero-order valence-corrected chi connectivity index (χ0v) is 20.6. The van der Waals surface area contributed by atoms with Gasteiger partial charge in [-0.25, -0.2) is 4.68 Å². The van der Waals surface area contributed by atoms with E-state index in [9.17, 15) is 0 Å². The molecular weight excluding hydrogens is 451 g/mol. The average Bonchev–Trinajstić information content (AvgIpc) is 3.12. The van der Waals surface area contributed by atoms with E-state index in [-0.39, 0.29) is 18.2 Å². The maximum absolute atomic E-state index is 15.1. The number of rotatable bonds is 8. The minimum absolute atomic E-state index is 0.110. The SMILES string of the molecule is CCOc1c(F)c(-c2cccc(C)c2)nn1CCOc1ccc(-c2ccc(C)c(C)c2)cc1Cl. The first-order valence-corrected chi connectivity index (χ1v) is 11.7. The van der Waals surface area contributed by atoms with Gasteiger partial charge in [0.1, 0.15) is 18.1 Å². The molecule has 0 saturated carbocycles. The number of hydrogen-bond acceptors (Lipinski definition) is 3. The Morgan fingerprint density at radius 2 is 1.65 bits per heavy atom. The van der Waals surface area contributed by atoms with Crippen molar-refractivity contribution in [2.24, 2.45) is 0 Å². The summed E-state index contributed by atoms with van der Waals surface area (Å²) in [4.78, 5) is 0. The topological polar surface area (TPSA) is 36.3 Å². The number of aryl methyl sites for hydroxylation is 3. The fraction of sp³-hybridized carbons (Fsp3) is 0.250. The Bertz CT molecular complexity index is 1320. The summed E-state index contributed by atoms with van der Waals surface area (Å²) in [6.07, 6.45) is 0. The molecule has 0 aliphatic rings. The van der Waals surface area contributed by atoms with Gasteiger partial charge in [-0.3, -0.25) is 0 Å². The molecule has 1 aromatic heterocycles. The lowest BCUT2D eigenvalue weighted by molar-refractivity contribution is 0.253. The molecule has 4 aromatic rings. The van der Waals surface area contributed by atoms with Crippen LogP contribution in [0.1, 0.15) is 23.6 Å². The molecule has 34 heavy (non-hydrogen) atoms. The van der Waals surface area contributed by atoms with Gasteiger partial charge in [0, 0.05) is 5.56 Å². The maximum atomic E-state index is 15.1. The van der Waals surface area contributed by atoms with Crippen molar-refractivity contribution in [3.63, 3.8) is 0 Å². The van der Waals surface area contributed by atoms with Gasteiger partial charge in [-0.2, -0.15) is 9.49 Å². The van der Waals surface area contributed by atoms with Crippen LogP contribution in [0.5, 0.6) is 11.6 Å². The average molecular weight is 479 g/mol. The molecule has 0 bridgehead atoms. The van der Waals surface area contributed by atoms with Crippen LogP contribution in [0.3, 0.4) is 0 Å². The minimum atomic E-state index is -0.469. The quantitative estimate of drug-likeness (QED) is 0.264. The molecule has 1 heterocycles. The first-order valence-electron chi connectivity index (χ1n) is 11.3.